The number of hydrogen-bond acceptors (Lipinski definition) is 4. The zero-order chi connectivity index (χ0) is 13.9. The molecule has 1 aliphatic heterocycles. The fourth-order valence-electron chi connectivity index (χ4n) is 2.94. The Labute approximate surface area is 119 Å². The first kappa shape index (κ1) is 13.4. The van der Waals surface area contributed by atoms with Crippen molar-refractivity contribution in [2.45, 2.75) is 25.9 Å². The van der Waals surface area contributed by atoms with Crippen molar-refractivity contribution in [3.05, 3.63) is 41.9 Å². The van der Waals surface area contributed by atoms with Crippen molar-refractivity contribution in [1.82, 2.24) is 14.5 Å². The van der Waals surface area contributed by atoms with Crippen LogP contribution >= 0.6 is 0 Å². The third kappa shape index (κ3) is 2.64. The van der Waals surface area contributed by atoms with Crippen molar-refractivity contribution in [2.75, 3.05) is 19.8 Å². The summed E-state index contributed by atoms with van der Waals surface area (Å²) in [6.07, 6.45) is 3.63. The van der Waals surface area contributed by atoms with E-state index < -0.39 is 0 Å². The van der Waals surface area contributed by atoms with Gasteiger partial charge in [-0.05, 0) is 19.1 Å². The molecule has 0 aliphatic carbocycles. The lowest BCUT2D eigenvalue weighted by atomic mass is 9.99. The predicted molar refractivity (Wildman–Crippen MR) is 75.3 cm³/mol. The van der Waals surface area contributed by atoms with Gasteiger partial charge in [0.15, 0.2) is 0 Å². The predicted octanol–water partition coefficient (Wildman–Crippen LogP) is 2.15. The number of imidazole rings is 1. The van der Waals surface area contributed by atoms with Gasteiger partial charge in [-0.3, -0.25) is 4.90 Å². The molecule has 5 heteroatoms. The average molecular weight is 275 g/mol. The molecule has 0 saturated carbocycles. The van der Waals surface area contributed by atoms with E-state index in [4.69, 9.17) is 9.15 Å². The van der Waals surface area contributed by atoms with Crippen LogP contribution in [0.25, 0.3) is 0 Å². The van der Waals surface area contributed by atoms with Gasteiger partial charge in [0.1, 0.15) is 5.76 Å². The largest absolute Gasteiger partial charge is 0.468 e. The van der Waals surface area contributed by atoms with Gasteiger partial charge in [-0.2, -0.15) is 0 Å². The molecule has 0 aromatic carbocycles. The van der Waals surface area contributed by atoms with Crippen LogP contribution in [0.4, 0.5) is 0 Å². The minimum Gasteiger partial charge on any atom is -0.468 e. The zero-order valence-electron chi connectivity index (χ0n) is 12.1. The average Bonchev–Trinajstić information content (AvgIpc) is 3.07. The molecule has 0 radical (unpaired) electrons. The van der Waals surface area contributed by atoms with Gasteiger partial charge in [0.05, 0.1) is 31.4 Å². The first-order valence-electron chi connectivity index (χ1n) is 7.10. The van der Waals surface area contributed by atoms with E-state index in [-0.39, 0.29) is 0 Å². The molecule has 0 spiro atoms. The van der Waals surface area contributed by atoms with E-state index in [2.05, 4.69) is 21.5 Å². The summed E-state index contributed by atoms with van der Waals surface area (Å²) in [5.41, 5.74) is 2.48. The van der Waals surface area contributed by atoms with E-state index in [1.54, 1.807) is 6.26 Å². The third-order valence-corrected chi connectivity index (χ3v) is 3.78. The van der Waals surface area contributed by atoms with Crippen molar-refractivity contribution in [3.8, 4) is 0 Å². The van der Waals surface area contributed by atoms with Gasteiger partial charge in [0.2, 0.25) is 0 Å². The number of hydrogen-bond donors (Lipinski definition) is 0. The van der Waals surface area contributed by atoms with Gasteiger partial charge >= 0.3 is 0 Å². The highest BCUT2D eigenvalue weighted by Crippen LogP contribution is 2.28. The van der Waals surface area contributed by atoms with Gasteiger partial charge < -0.3 is 13.7 Å². The molecule has 2 aromatic rings. The molecule has 0 bridgehead atoms. The van der Waals surface area contributed by atoms with Crippen LogP contribution in [0.1, 0.15) is 30.0 Å². The van der Waals surface area contributed by atoms with E-state index in [0.717, 1.165) is 44.3 Å². The number of ether oxygens (including phenoxy) is 1. The SMILES string of the molecule is CCOC[C@H]1CN(Cc2ccco2)Cc2ncn(C)c21. The lowest BCUT2D eigenvalue weighted by Gasteiger charge is -2.32. The van der Waals surface area contributed by atoms with Gasteiger partial charge in [-0.15, -0.1) is 0 Å². The fraction of sp³-hybridized carbons (Fsp3) is 0.533. The summed E-state index contributed by atoms with van der Waals surface area (Å²) in [5.74, 6) is 1.38. The van der Waals surface area contributed by atoms with Crippen molar-refractivity contribution in [3.63, 3.8) is 0 Å². The first-order valence-corrected chi connectivity index (χ1v) is 7.10. The Kier molecular flexibility index (Phi) is 3.89. The van der Waals surface area contributed by atoms with Crippen LogP contribution in [0.15, 0.2) is 29.1 Å². The highest BCUT2D eigenvalue weighted by molar-refractivity contribution is 5.22. The molecule has 3 heterocycles. The zero-order valence-corrected chi connectivity index (χ0v) is 12.1. The lowest BCUT2D eigenvalue weighted by molar-refractivity contribution is 0.0998. The summed E-state index contributed by atoms with van der Waals surface area (Å²) in [6.45, 7) is 6.21. The Hall–Kier alpha value is -1.59. The number of aryl methyl sites for hydroxylation is 1. The molecule has 0 unspecified atom stereocenters. The van der Waals surface area contributed by atoms with Crippen molar-refractivity contribution < 1.29 is 9.15 Å². The van der Waals surface area contributed by atoms with Gasteiger partial charge in [0, 0.05) is 38.4 Å². The monoisotopic (exact) mass is 275 g/mol. The van der Waals surface area contributed by atoms with Gasteiger partial charge in [-0.1, -0.05) is 0 Å². The van der Waals surface area contributed by atoms with Crippen LogP contribution in [0, 0.1) is 0 Å². The molecule has 0 fully saturated rings. The summed E-state index contributed by atoms with van der Waals surface area (Å²) < 4.78 is 13.2. The molecule has 0 N–H and O–H groups in total. The summed E-state index contributed by atoms with van der Waals surface area (Å²) in [5, 5.41) is 0. The Morgan fingerprint density at radius 1 is 1.50 bits per heavy atom. The van der Waals surface area contributed by atoms with Gasteiger partial charge in [0.25, 0.3) is 0 Å². The van der Waals surface area contributed by atoms with Crippen molar-refractivity contribution >= 4 is 0 Å². The maximum Gasteiger partial charge on any atom is 0.117 e. The topological polar surface area (TPSA) is 43.4 Å². The molecule has 5 nitrogen and oxygen atoms in total. The van der Waals surface area contributed by atoms with Crippen molar-refractivity contribution in [2.24, 2.45) is 7.05 Å². The molecule has 1 aliphatic rings. The molecule has 0 saturated heterocycles. The van der Waals surface area contributed by atoms with Crippen LogP contribution in [0.2, 0.25) is 0 Å². The number of nitrogens with zero attached hydrogens (tertiary/aromatic N) is 3. The van der Waals surface area contributed by atoms with E-state index in [0.29, 0.717) is 5.92 Å². The Morgan fingerprint density at radius 2 is 2.40 bits per heavy atom. The molecular weight excluding hydrogens is 254 g/mol. The Balaban J connectivity index is 1.77. The molecule has 108 valence electrons. The van der Waals surface area contributed by atoms with E-state index in [1.807, 2.05) is 25.4 Å². The second-order valence-electron chi connectivity index (χ2n) is 5.29. The second kappa shape index (κ2) is 5.81. The minimum absolute atomic E-state index is 0.376. The highest BCUT2D eigenvalue weighted by Gasteiger charge is 2.29. The summed E-state index contributed by atoms with van der Waals surface area (Å²) >= 11 is 0. The third-order valence-electron chi connectivity index (χ3n) is 3.78. The summed E-state index contributed by atoms with van der Waals surface area (Å²) in [4.78, 5) is 6.90. The van der Waals surface area contributed by atoms with Crippen molar-refractivity contribution in [1.29, 1.82) is 0 Å². The highest BCUT2D eigenvalue weighted by atomic mass is 16.5. The second-order valence-corrected chi connectivity index (χ2v) is 5.29. The smallest absolute Gasteiger partial charge is 0.117 e. The number of fused-ring (bicyclic) bond motifs is 1. The lowest BCUT2D eigenvalue weighted by Crippen LogP contribution is -2.35. The summed E-state index contributed by atoms with van der Waals surface area (Å²) in [7, 11) is 2.06. The molecule has 0 amide bonds. The van der Waals surface area contributed by atoms with Crippen LogP contribution in [0.5, 0.6) is 0 Å². The molecule has 2 aromatic heterocycles. The number of furan rings is 1. The summed E-state index contributed by atoms with van der Waals surface area (Å²) in [6, 6.07) is 3.95. The van der Waals surface area contributed by atoms with Crippen LogP contribution in [-0.2, 0) is 24.9 Å². The van der Waals surface area contributed by atoms with E-state index >= 15 is 0 Å². The minimum atomic E-state index is 0.376. The fourth-order valence-corrected chi connectivity index (χ4v) is 2.94. The van der Waals surface area contributed by atoms with Crippen LogP contribution in [0.3, 0.4) is 0 Å². The molecule has 20 heavy (non-hydrogen) atoms. The first-order chi connectivity index (χ1) is 9.78. The quantitative estimate of drug-likeness (QED) is 0.838. The Morgan fingerprint density at radius 3 is 3.15 bits per heavy atom. The van der Waals surface area contributed by atoms with E-state index in [9.17, 15) is 0 Å². The van der Waals surface area contributed by atoms with Crippen LogP contribution in [-0.4, -0.2) is 34.2 Å². The molecule has 3 rings (SSSR count). The maximum atomic E-state index is 5.65. The van der Waals surface area contributed by atoms with E-state index in [1.165, 1.54) is 5.69 Å². The van der Waals surface area contributed by atoms with Crippen LogP contribution < -0.4 is 0 Å². The normalized spacial score (nSPS) is 19.2. The maximum absolute atomic E-state index is 5.65. The number of rotatable bonds is 5. The molecule has 1 atom stereocenters. The molecular formula is C15H21N3O2. The number of aromatic nitrogens is 2. The Bertz CT molecular complexity index is 547. The standard InChI is InChI=1S/C15H21N3O2/c1-3-19-10-12-7-18(8-13-5-4-6-20-13)9-14-15(12)17(2)11-16-14/h4-6,11-12H,3,7-10H2,1-2H3/t12-/m1/s1. The van der Waals surface area contributed by atoms with Gasteiger partial charge in [-0.25, -0.2) is 4.98 Å².